The molecule has 1 amide bonds. The van der Waals surface area contributed by atoms with Crippen LogP contribution in [0.5, 0.6) is 0 Å². The van der Waals surface area contributed by atoms with E-state index < -0.39 is 0 Å². The molecule has 0 aromatic heterocycles. The minimum absolute atomic E-state index is 0.0906. The lowest BCUT2D eigenvalue weighted by molar-refractivity contribution is -0.126. The third-order valence-corrected chi connectivity index (χ3v) is 4.65. The molecule has 3 heteroatoms. The Kier molecular flexibility index (Phi) is 3.31. The van der Waals surface area contributed by atoms with Crippen molar-refractivity contribution in [1.29, 1.82) is 0 Å². The Morgan fingerprint density at radius 2 is 2.16 bits per heavy atom. The predicted molar refractivity (Wildman–Crippen MR) is 75.8 cm³/mol. The molecule has 0 aliphatic carbocycles. The number of benzene rings is 1. The maximum atomic E-state index is 12.4. The molecule has 4 atom stereocenters. The molecule has 2 heterocycles. The van der Waals surface area contributed by atoms with Crippen molar-refractivity contribution in [2.45, 2.75) is 51.2 Å². The molecule has 1 aromatic carbocycles. The Labute approximate surface area is 114 Å². The third-order valence-electron chi connectivity index (χ3n) is 4.65. The fraction of sp³-hybridized carbons (Fsp3) is 0.562. The van der Waals surface area contributed by atoms with Gasteiger partial charge in [-0.1, -0.05) is 24.3 Å². The van der Waals surface area contributed by atoms with Crippen molar-refractivity contribution in [3.8, 4) is 0 Å². The number of fused-ring (bicyclic) bond motifs is 2. The summed E-state index contributed by atoms with van der Waals surface area (Å²) in [5.41, 5.74) is 2.45. The van der Waals surface area contributed by atoms with E-state index in [4.69, 9.17) is 0 Å². The number of hydrogen-bond donors (Lipinski definition) is 2. The van der Waals surface area contributed by atoms with Crippen molar-refractivity contribution in [3.05, 3.63) is 35.4 Å². The van der Waals surface area contributed by atoms with Gasteiger partial charge in [0.1, 0.15) is 0 Å². The first-order valence-corrected chi connectivity index (χ1v) is 7.27. The van der Waals surface area contributed by atoms with Gasteiger partial charge in [-0.2, -0.15) is 0 Å². The van der Waals surface area contributed by atoms with Crippen LogP contribution in [-0.4, -0.2) is 18.0 Å². The van der Waals surface area contributed by atoms with Gasteiger partial charge < -0.3 is 10.6 Å². The first kappa shape index (κ1) is 12.7. The molecule has 102 valence electrons. The zero-order chi connectivity index (χ0) is 13.4. The van der Waals surface area contributed by atoms with Crippen LogP contribution in [0.4, 0.5) is 0 Å². The van der Waals surface area contributed by atoms with E-state index >= 15 is 0 Å². The summed E-state index contributed by atoms with van der Waals surface area (Å²) < 4.78 is 0. The summed E-state index contributed by atoms with van der Waals surface area (Å²) in [5.74, 6) is 0.390. The Bertz CT molecular complexity index is 485. The molecule has 0 radical (unpaired) electrons. The Balaban J connectivity index is 1.65. The average Bonchev–Trinajstić information content (AvgIpc) is 3.01. The highest BCUT2D eigenvalue weighted by Gasteiger charge is 2.42. The molecule has 0 saturated carbocycles. The zero-order valence-electron chi connectivity index (χ0n) is 11.6. The van der Waals surface area contributed by atoms with Gasteiger partial charge in [0.05, 0.1) is 12.0 Å². The normalized spacial score (nSPS) is 30.3. The maximum Gasteiger partial charge on any atom is 0.225 e. The standard InChI is InChI=1S/C16H22N2O/c1-10-5-3-4-6-13(10)11(2)17-16(19)14-9-12-7-8-15(14)18-12/h3-6,11-12,14-15,18H,7-9H2,1-2H3,(H,17,19). The number of hydrogen-bond acceptors (Lipinski definition) is 2. The van der Waals surface area contributed by atoms with Gasteiger partial charge >= 0.3 is 0 Å². The quantitative estimate of drug-likeness (QED) is 0.873. The smallest absolute Gasteiger partial charge is 0.225 e. The van der Waals surface area contributed by atoms with E-state index in [1.54, 1.807) is 0 Å². The number of carbonyl (C=O) groups excluding carboxylic acids is 1. The highest BCUT2D eigenvalue weighted by atomic mass is 16.2. The van der Waals surface area contributed by atoms with Gasteiger partial charge in [0.15, 0.2) is 0 Å². The lowest BCUT2D eigenvalue weighted by Gasteiger charge is -2.23. The van der Waals surface area contributed by atoms with Crippen molar-refractivity contribution < 1.29 is 4.79 Å². The molecule has 2 aliphatic heterocycles. The van der Waals surface area contributed by atoms with E-state index in [2.05, 4.69) is 36.6 Å². The summed E-state index contributed by atoms with van der Waals surface area (Å²) in [6.45, 7) is 4.16. The maximum absolute atomic E-state index is 12.4. The van der Waals surface area contributed by atoms with Gasteiger partial charge in [0.2, 0.25) is 5.91 Å². The molecule has 3 nitrogen and oxygen atoms in total. The molecular weight excluding hydrogens is 236 g/mol. The summed E-state index contributed by atoms with van der Waals surface area (Å²) >= 11 is 0. The topological polar surface area (TPSA) is 41.1 Å². The highest BCUT2D eigenvalue weighted by Crippen LogP contribution is 2.33. The van der Waals surface area contributed by atoms with E-state index in [9.17, 15) is 4.79 Å². The number of carbonyl (C=O) groups is 1. The summed E-state index contributed by atoms with van der Waals surface area (Å²) in [6.07, 6.45) is 3.40. The molecule has 4 unspecified atom stereocenters. The summed E-state index contributed by atoms with van der Waals surface area (Å²) in [4.78, 5) is 12.4. The lowest BCUT2D eigenvalue weighted by atomic mass is 9.88. The monoisotopic (exact) mass is 258 g/mol. The fourth-order valence-corrected chi connectivity index (χ4v) is 3.58. The Morgan fingerprint density at radius 1 is 1.37 bits per heavy atom. The molecule has 19 heavy (non-hydrogen) atoms. The van der Waals surface area contributed by atoms with Crippen LogP contribution in [0.25, 0.3) is 0 Å². The van der Waals surface area contributed by atoms with Gasteiger partial charge in [0, 0.05) is 12.1 Å². The SMILES string of the molecule is Cc1ccccc1C(C)NC(=O)C1CC2CCC1N2. The fourth-order valence-electron chi connectivity index (χ4n) is 3.58. The van der Waals surface area contributed by atoms with Gasteiger partial charge in [-0.25, -0.2) is 0 Å². The van der Waals surface area contributed by atoms with E-state index in [-0.39, 0.29) is 17.9 Å². The van der Waals surface area contributed by atoms with Crippen LogP contribution in [0.15, 0.2) is 24.3 Å². The second kappa shape index (κ2) is 4.97. The van der Waals surface area contributed by atoms with Crippen LogP contribution in [0.2, 0.25) is 0 Å². The average molecular weight is 258 g/mol. The van der Waals surface area contributed by atoms with Gasteiger partial charge in [-0.15, -0.1) is 0 Å². The molecular formula is C16H22N2O. The second-order valence-electron chi connectivity index (χ2n) is 5.98. The largest absolute Gasteiger partial charge is 0.349 e. The molecule has 2 aliphatic rings. The molecule has 3 rings (SSSR count). The number of aryl methyl sites for hydroxylation is 1. The van der Waals surface area contributed by atoms with E-state index in [0.29, 0.717) is 12.1 Å². The molecule has 0 spiro atoms. The van der Waals surface area contributed by atoms with Gasteiger partial charge in [-0.3, -0.25) is 4.79 Å². The molecule has 2 fully saturated rings. The van der Waals surface area contributed by atoms with Crippen LogP contribution in [0.3, 0.4) is 0 Å². The molecule has 2 bridgehead atoms. The van der Waals surface area contributed by atoms with Crippen molar-refractivity contribution >= 4 is 5.91 Å². The minimum Gasteiger partial charge on any atom is -0.349 e. The van der Waals surface area contributed by atoms with E-state index in [1.165, 1.54) is 17.5 Å². The molecule has 2 saturated heterocycles. The molecule has 1 aromatic rings. The zero-order valence-corrected chi connectivity index (χ0v) is 11.6. The van der Waals surface area contributed by atoms with E-state index in [0.717, 1.165) is 12.8 Å². The Hall–Kier alpha value is -1.35. The first-order valence-electron chi connectivity index (χ1n) is 7.27. The van der Waals surface area contributed by atoms with Crippen molar-refractivity contribution in [2.24, 2.45) is 5.92 Å². The lowest BCUT2D eigenvalue weighted by Crippen LogP contribution is -2.38. The van der Waals surface area contributed by atoms with E-state index in [1.807, 2.05) is 12.1 Å². The van der Waals surface area contributed by atoms with Crippen molar-refractivity contribution in [2.75, 3.05) is 0 Å². The van der Waals surface area contributed by atoms with Crippen LogP contribution in [-0.2, 0) is 4.79 Å². The van der Waals surface area contributed by atoms with Crippen molar-refractivity contribution in [1.82, 2.24) is 10.6 Å². The summed E-state index contributed by atoms with van der Waals surface area (Å²) in [7, 11) is 0. The van der Waals surface area contributed by atoms with Crippen molar-refractivity contribution in [3.63, 3.8) is 0 Å². The van der Waals surface area contributed by atoms with Crippen LogP contribution < -0.4 is 10.6 Å². The summed E-state index contributed by atoms with van der Waals surface area (Å²) in [5, 5.41) is 6.71. The first-order chi connectivity index (χ1) is 9.15. The van der Waals surface area contributed by atoms with Gasteiger partial charge in [-0.05, 0) is 44.2 Å². The number of amides is 1. The van der Waals surface area contributed by atoms with Gasteiger partial charge in [0.25, 0.3) is 0 Å². The predicted octanol–water partition coefficient (Wildman–Crippen LogP) is 2.31. The number of nitrogens with one attached hydrogen (secondary N) is 2. The third kappa shape index (κ3) is 2.39. The Morgan fingerprint density at radius 3 is 2.79 bits per heavy atom. The van der Waals surface area contributed by atoms with Crippen LogP contribution >= 0.6 is 0 Å². The second-order valence-corrected chi connectivity index (χ2v) is 5.98. The minimum atomic E-state index is 0.0906. The summed E-state index contributed by atoms with van der Waals surface area (Å²) in [6, 6.07) is 9.34. The van der Waals surface area contributed by atoms with Crippen LogP contribution in [0.1, 0.15) is 43.4 Å². The highest BCUT2D eigenvalue weighted by molar-refractivity contribution is 5.80. The molecule has 2 N–H and O–H groups in total. The number of rotatable bonds is 3. The van der Waals surface area contributed by atoms with Crippen LogP contribution in [0, 0.1) is 12.8 Å².